The van der Waals surface area contributed by atoms with Crippen LogP contribution in [0.5, 0.6) is 11.5 Å². The molecule has 5 rings (SSSR count). The lowest BCUT2D eigenvalue weighted by atomic mass is 10.1. The van der Waals surface area contributed by atoms with Gasteiger partial charge >= 0.3 is 5.97 Å². The molecule has 1 N–H and O–H groups in total. The van der Waals surface area contributed by atoms with Gasteiger partial charge in [-0.1, -0.05) is 30.3 Å². The molecule has 0 unspecified atom stereocenters. The molecule has 7 nitrogen and oxygen atoms in total. The molecule has 31 heavy (non-hydrogen) atoms. The molecular weight excluding hydrogens is 416 g/mol. The quantitative estimate of drug-likeness (QED) is 0.481. The molecular formula is C23H18N2O5S. The fraction of sp³-hybridized carbons (Fsp3) is 0.174. The minimum absolute atomic E-state index is 0.262. The Morgan fingerprint density at radius 1 is 1.13 bits per heavy atom. The van der Waals surface area contributed by atoms with Gasteiger partial charge in [0.25, 0.3) is 5.56 Å². The molecule has 0 bridgehead atoms. The van der Waals surface area contributed by atoms with Crippen LogP contribution in [-0.2, 0) is 4.74 Å². The fourth-order valence-electron chi connectivity index (χ4n) is 3.44. The number of benzene rings is 2. The van der Waals surface area contributed by atoms with E-state index in [4.69, 9.17) is 14.2 Å². The van der Waals surface area contributed by atoms with E-state index in [2.05, 4.69) is 9.97 Å². The largest absolute Gasteiger partial charge is 0.486 e. The van der Waals surface area contributed by atoms with E-state index in [1.807, 2.05) is 35.7 Å². The van der Waals surface area contributed by atoms with Gasteiger partial charge in [-0.25, -0.2) is 9.78 Å². The Morgan fingerprint density at radius 2 is 1.90 bits per heavy atom. The fourth-order valence-corrected chi connectivity index (χ4v) is 4.40. The van der Waals surface area contributed by atoms with Crippen LogP contribution in [-0.4, -0.2) is 29.2 Å². The standard InChI is InChI=1S/C23H18N2O5S/c1-13(30-23(27)15-7-8-17-18(11-15)29-10-9-28-17)20-24-21(26)19-16(12-31-22(19)25-20)14-5-3-2-4-6-14/h2-8,11-13H,9-10H2,1H3,(H,24,25,26)/t13-/m1/s1. The molecule has 0 amide bonds. The monoisotopic (exact) mass is 434 g/mol. The zero-order valence-electron chi connectivity index (χ0n) is 16.6. The molecule has 0 fully saturated rings. The van der Waals surface area contributed by atoms with Crippen LogP contribution in [0.1, 0.15) is 29.2 Å². The van der Waals surface area contributed by atoms with E-state index < -0.39 is 12.1 Å². The molecule has 1 aliphatic rings. The molecule has 2 aromatic heterocycles. The van der Waals surface area contributed by atoms with Gasteiger partial charge in [0.05, 0.1) is 10.9 Å². The van der Waals surface area contributed by atoms with Gasteiger partial charge in [-0.3, -0.25) is 4.79 Å². The van der Waals surface area contributed by atoms with Crippen molar-refractivity contribution in [2.75, 3.05) is 13.2 Å². The number of fused-ring (bicyclic) bond motifs is 2. The van der Waals surface area contributed by atoms with Gasteiger partial charge in [0.2, 0.25) is 0 Å². The number of hydrogen-bond donors (Lipinski definition) is 1. The summed E-state index contributed by atoms with van der Waals surface area (Å²) in [5.41, 5.74) is 1.86. The highest BCUT2D eigenvalue weighted by Crippen LogP contribution is 2.33. The second-order valence-electron chi connectivity index (χ2n) is 7.05. The van der Waals surface area contributed by atoms with Crippen LogP contribution in [0.15, 0.2) is 58.7 Å². The Labute approximate surface area is 181 Å². The van der Waals surface area contributed by atoms with Crippen molar-refractivity contribution in [2.24, 2.45) is 0 Å². The van der Waals surface area contributed by atoms with E-state index in [1.54, 1.807) is 25.1 Å². The van der Waals surface area contributed by atoms with Crippen LogP contribution >= 0.6 is 11.3 Å². The number of H-pyrrole nitrogens is 1. The number of nitrogens with one attached hydrogen (secondary N) is 1. The van der Waals surface area contributed by atoms with Crippen LogP contribution in [0.4, 0.5) is 0 Å². The first kappa shape index (κ1) is 19.3. The van der Waals surface area contributed by atoms with E-state index in [1.165, 1.54) is 11.3 Å². The van der Waals surface area contributed by atoms with Crippen LogP contribution in [0.2, 0.25) is 0 Å². The number of hydrogen-bond acceptors (Lipinski definition) is 7. The third-order valence-corrected chi connectivity index (χ3v) is 5.87. The lowest BCUT2D eigenvalue weighted by Crippen LogP contribution is -2.18. The van der Waals surface area contributed by atoms with Gasteiger partial charge in [0.1, 0.15) is 18.0 Å². The van der Waals surface area contributed by atoms with Gasteiger partial charge in [-0.2, -0.15) is 0 Å². The number of esters is 1. The molecule has 0 saturated heterocycles. The summed E-state index contributed by atoms with van der Waals surface area (Å²) in [6, 6.07) is 14.6. The van der Waals surface area contributed by atoms with Crippen molar-refractivity contribution >= 4 is 27.5 Å². The van der Waals surface area contributed by atoms with E-state index >= 15 is 0 Å². The SMILES string of the molecule is C[C@@H](OC(=O)c1ccc2c(c1)OCCO2)c1nc2scc(-c3ccccc3)c2c(=O)[nH]1. The molecule has 0 saturated carbocycles. The maximum absolute atomic E-state index is 12.8. The van der Waals surface area contributed by atoms with Crippen LogP contribution in [0.25, 0.3) is 21.3 Å². The average molecular weight is 434 g/mol. The number of thiophene rings is 1. The Kier molecular flexibility index (Phi) is 4.91. The Morgan fingerprint density at radius 3 is 2.71 bits per heavy atom. The number of aromatic amines is 1. The molecule has 1 atom stereocenters. The summed E-state index contributed by atoms with van der Waals surface area (Å²) >= 11 is 1.38. The summed E-state index contributed by atoms with van der Waals surface area (Å²) in [5.74, 6) is 0.862. The summed E-state index contributed by atoms with van der Waals surface area (Å²) in [6.45, 7) is 2.58. The lowest BCUT2D eigenvalue weighted by Gasteiger charge is -2.19. The Balaban J connectivity index is 1.40. The zero-order chi connectivity index (χ0) is 21.4. The number of rotatable bonds is 4. The van der Waals surface area contributed by atoms with Gasteiger partial charge < -0.3 is 19.2 Å². The van der Waals surface area contributed by atoms with Crippen molar-refractivity contribution in [3.8, 4) is 22.6 Å². The highest BCUT2D eigenvalue weighted by Gasteiger charge is 2.21. The van der Waals surface area contributed by atoms with Gasteiger partial charge in [-0.05, 0) is 30.7 Å². The number of ether oxygens (including phenoxy) is 3. The molecule has 4 aromatic rings. The van der Waals surface area contributed by atoms with Gasteiger partial charge in [0.15, 0.2) is 23.4 Å². The van der Waals surface area contributed by atoms with Crippen LogP contribution < -0.4 is 15.0 Å². The van der Waals surface area contributed by atoms with E-state index in [0.717, 1.165) is 11.1 Å². The van der Waals surface area contributed by atoms with E-state index in [-0.39, 0.29) is 5.56 Å². The Hall–Kier alpha value is -3.65. The molecule has 1 aliphatic heterocycles. The second-order valence-corrected chi connectivity index (χ2v) is 7.91. The van der Waals surface area contributed by atoms with Crippen molar-refractivity contribution in [1.82, 2.24) is 9.97 Å². The maximum atomic E-state index is 12.8. The summed E-state index contributed by atoms with van der Waals surface area (Å²) in [7, 11) is 0. The van der Waals surface area contributed by atoms with Crippen molar-refractivity contribution < 1.29 is 19.0 Å². The van der Waals surface area contributed by atoms with Gasteiger partial charge in [-0.15, -0.1) is 11.3 Å². The first-order chi connectivity index (χ1) is 15.1. The predicted molar refractivity (Wildman–Crippen MR) is 117 cm³/mol. The highest BCUT2D eigenvalue weighted by atomic mass is 32.1. The third kappa shape index (κ3) is 3.66. The number of carbonyl (C=O) groups is 1. The summed E-state index contributed by atoms with van der Waals surface area (Å²) in [4.78, 5) is 33.3. The normalized spacial score (nSPS) is 13.7. The second kappa shape index (κ2) is 7.88. The highest BCUT2D eigenvalue weighted by molar-refractivity contribution is 7.17. The molecule has 156 valence electrons. The molecule has 3 heterocycles. The third-order valence-electron chi connectivity index (χ3n) is 4.99. The Bertz CT molecular complexity index is 1330. The number of aromatic nitrogens is 2. The topological polar surface area (TPSA) is 90.5 Å². The van der Waals surface area contributed by atoms with Crippen molar-refractivity contribution in [3.05, 3.63) is 75.7 Å². The van der Waals surface area contributed by atoms with Gasteiger partial charge in [0, 0.05) is 10.9 Å². The smallest absolute Gasteiger partial charge is 0.338 e. The summed E-state index contributed by atoms with van der Waals surface area (Å²) in [5, 5.41) is 2.45. The van der Waals surface area contributed by atoms with Crippen molar-refractivity contribution in [3.63, 3.8) is 0 Å². The molecule has 8 heteroatoms. The zero-order valence-corrected chi connectivity index (χ0v) is 17.4. The average Bonchev–Trinajstić information content (AvgIpc) is 3.24. The first-order valence-corrected chi connectivity index (χ1v) is 10.7. The van der Waals surface area contributed by atoms with E-state index in [0.29, 0.717) is 46.3 Å². The molecule has 2 aromatic carbocycles. The lowest BCUT2D eigenvalue weighted by molar-refractivity contribution is 0.0319. The molecule has 0 radical (unpaired) electrons. The minimum atomic E-state index is -0.736. The van der Waals surface area contributed by atoms with E-state index in [9.17, 15) is 9.59 Å². The summed E-state index contributed by atoms with van der Waals surface area (Å²) < 4.78 is 16.5. The van der Waals surface area contributed by atoms with Crippen LogP contribution in [0.3, 0.4) is 0 Å². The molecule has 0 spiro atoms. The van der Waals surface area contributed by atoms with Crippen molar-refractivity contribution in [2.45, 2.75) is 13.0 Å². The summed E-state index contributed by atoms with van der Waals surface area (Å²) in [6.07, 6.45) is -0.736. The molecule has 0 aliphatic carbocycles. The predicted octanol–water partition coefficient (Wildman–Crippen LogP) is 4.34. The first-order valence-electron chi connectivity index (χ1n) is 9.77. The van der Waals surface area contributed by atoms with Crippen molar-refractivity contribution in [1.29, 1.82) is 0 Å². The van der Waals surface area contributed by atoms with Crippen LogP contribution in [0, 0.1) is 0 Å². The number of nitrogens with zero attached hydrogens (tertiary/aromatic N) is 1. The maximum Gasteiger partial charge on any atom is 0.338 e. The minimum Gasteiger partial charge on any atom is -0.486 e. The number of carbonyl (C=O) groups excluding carboxylic acids is 1.